The summed E-state index contributed by atoms with van der Waals surface area (Å²) in [5.41, 5.74) is 2.31. The summed E-state index contributed by atoms with van der Waals surface area (Å²) in [5, 5.41) is 0. The van der Waals surface area contributed by atoms with E-state index >= 15 is 0 Å². The number of aryl methyl sites for hydroxylation is 1. The van der Waals surface area contributed by atoms with Gasteiger partial charge in [-0.05, 0) is 26.3 Å². The van der Waals surface area contributed by atoms with E-state index in [1.807, 2.05) is 45.0 Å². The van der Waals surface area contributed by atoms with Gasteiger partial charge in [0, 0.05) is 0 Å². The third-order valence-electron chi connectivity index (χ3n) is 2.91. The molecule has 0 bridgehead atoms. The van der Waals surface area contributed by atoms with Crippen LogP contribution in [0.25, 0.3) is 5.57 Å². The molecule has 0 saturated heterocycles. The van der Waals surface area contributed by atoms with Gasteiger partial charge in [0.25, 0.3) is 0 Å². The van der Waals surface area contributed by atoms with E-state index in [4.69, 9.17) is 9.47 Å². The number of hydrogen-bond donors (Lipinski definition) is 0. The maximum absolute atomic E-state index is 11.7. The summed E-state index contributed by atoms with van der Waals surface area (Å²) >= 11 is 0. The molecule has 0 amide bonds. The summed E-state index contributed by atoms with van der Waals surface area (Å²) < 4.78 is 10.5. The summed E-state index contributed by atoms with van der Waals surface area (Å²) in [6.07, 6.45) is 0. The van der Waals surface area contributed by atoms with Crippen LogP contribution < -0.4 is 0 Å². The number of benzene rings is 1. The van der Waals surface area contributed by atoms with E-state index in [-0.39, 0.29) is 0 Å². The zero-order valence-corrected chi connectivity index (χ0v) is 10.5. The van der Waals surface area contributed by atoms with E-state index < -0.39 is 11.6 Å². The van der Waals surface area contributed by atoms with Gasteiger partial charge in [-0.25, -0.2) is 4.79 Å². The quantitative estimate of drug-likeness (QED) is 0.735. The van der Waals surface area contributed by atoms with Gasteiger partial charge in [-0.2, -0.15) is 0 Å². The Morgan fingerprint density at radius 3 is 2.29 bits per heavy atom. The van der Waals surface area contributed by atoms with Crippen LogP contribution in [-0.4, -0.2) is 18.7 Å². The number of carbonyl (C=O) groups excluding carboxylic acids is 1. The molecule has 0 saturated carbocycles. The Labute approximate surface area is 101 Å². The molecule has 0 unspecified atom stereocenters. The Morgan fingerprint density at radius 2 is 1.76 bits per heavy atom. The lowest BCUT2D eigenvalue weighted by Crippen LogP contribution is -2.22. The van der Waals surface area contributed by atoms with Gasteiger partial charge < -0.3 is 9.47 Å². The van der Waals surface area contributed by atoms with Gasteiger partial charge in [0.05, 0.1) is 12.7 Å². The summed E-state index contributed by atoms with van der Waals surface area (Å²) in [5.74, 6) is -0.0908. The van der Waals surface area contributed by atoms with Gasteiger partial charge in [0.15, 0.2) is 0 Å². The highest BCUT2D eigenvalue weighted by Crippen LogP contribution is 2.39. The Hall–Kier alpha value is -1.77. The monoisotopic (exact) mass is 232 g/mol. The van der Waals surface area contributed by atoms with Crippen molar-refractivity contribution in [3.05, 3.63) is 41.2 Å². The second-order valence-electron chi connectivity index (χ2n) is 4.67. The largest absolute Gasteiger partial charge is 0.490 e. The number of rotatable bonds is 2. The molecule has 0 N–H and O–H groups in total. The van der Waals surface area contributed by atoms with Gasteiger partial charge in [-0.3, -0.25) is 0 Å². The maximum Gasteiger partial charge on any atom is 0.374 e. The lowest BCUT2D eigenvalue weighted by Gasteiger charge is -2.20. The molecule has 3 nitrogen and oxygen atoms in total. The third kappa shape index (κ3) is 1.93. The molecule has 1 aliphatic heterocycles. The summed E-state index contributed by atoms with van der Waals surface area (Å²) in [4.78, 5) is 11.7. The molecule has 1 aromatic rings. The van der Waals surface area contributed by atoms with Gasteiger partial charge in [-0.1, -0.05) is 29.8 Å². The average molecular weight is 232 g/mol. The molecule has 0 radical (unpaired) electrons. The first-order valence-corrected chi connectivity index (χ1v) is 5.55. The fourth-order valence-corrected chi connectivity index (χ4v) is 2.09. The van der Waals surface area contributed by atoms with Crippen LogP contribution in [0.15, 0.2) is 30.0 Å². The minimum Gasteiger partial charge on any atom is -0.490 e. The van der Waals surface area contributed by atoms with Crippen molar-refractivity contribution in [3.8, 4) is 0 Å². The van der Waals surface area contributed by atoms with Crippen LogP contribution in [0.4, 0.5) is 0 Å². The first kappa shape index (κ1) is 11.7. The molecule has 17 heavy (non-hydrogen) atoms. The molecule has 1 aromatic carbocycles. The first-order chi connectivity index (χ1) is 7.95. The molecule has 0 atom stereocenters. The fourth-order valence-electron chi connectivity index (χ4n) is 2.09. The Bertz CT molecular complexity index is 481. The third-order valence-corrected chi connectivity index (χ3v) is 2.91. The SMILES string of the molecule is COC1=C(c2ccc(C)cc2)C(C)(C)OC1=O. The van der Waals surface area contributed by atoms with Crippen LogP contribution in [-0.2, 0) is 14.3 Å². The van der Waals surface area contributed by atoms with Gasteiger partial charge in [0.2, 0.25) is 5.76 Å². The van der Waals surface area contributed by atoms with Crippen molar-refractivity contribution in [2.45, 2.75) is 26.4 Å². The summed E-state index contributed by atoms with van der Waals surface area (Å²) in [7, 11) is 1.49. The van der Waals surface area contributed by atoms with Crippen molar-refractivity contribution in [2.24, 2.45) is 0 Å². The van der Waals surface area contributed by atoms with E-state index in [0.29, 0.717) is 5.76 Å². The van der Waals surface area contributed by atoms with Gasteiger partial charge in [-0.15, -0.1) is 0 Å². The second kappa shape index (κ2) is 3.91. The number of hydrogen-bond acceptors (Lipinski definition) is 3. The van der Waals surface area contributed by atoms with Crippen molar-refractivity contribution in [1.82, 2.24) is 0 Å². The minimum absolute atomic E-state index is 0.304. The Kier molecular flexibility index (Phi) is 2.69. The molecule has 0 aliphatic carbocycles. The maximum atomic E-state index is 11.7. The lowest BCUT2D eigenvalue weighted by atomic mass is 9.91. The smallest absolute Gasteiger partial charge is 0.374 e. The summed E-state index contributed by atoms with van der Waals surface area (Å²) in [6.45, 7) is 5.76. The van der Waals surface area contributed by atoms with Crippen LogP contribution >= 0.6 is 0 Å². The molecule has 3 heteroatoms. The van der Waals surface area contributed by atoms with Crippen molar-refractivity contribution < 1.29 is 14.3 Å². The highest BCUT2D eigenvalue weighted by molar-refractivity contribution is 6.02. The van der Waals surface area contributed by atoms with Crippen LogP contribution in [0.5, 0.6) is 0 Å². The van der Waals surface area contributed by atoms with E-state index in [0.717, 1.165) is 11.1 Å². The van der Waals surface area contributed by atoms with Gasteiger partial charge >= 0.3 is 5.97 Å². The molecule has 0 spiro atoms. The molecule has 0 aromatic heterocycles. The van der Waals surface area contributed by atoms with Crippen molar-refractivity contribution in [2.75, 3.05) is 7.11 Å². The fraction of sp³-hybridized carbons (Fsp3) is 0.357. The van der Waals surface area contributed by atoms with Gasteiger partial charge in [0.1, 0.15) is 5.60 Å². The van der Waals surface area contributed by atoms with E-state index in [2.05, 4.69) is 0 Å². The number of methoxy groups -OCH3 is 1. The standard InChI is InChI=1S/C14H16O3/c1-9-5-7-10(8-6-9)11-12(16-4)13(15)17-14(11,2)3/h5-8H,1-4H3. The predicted octanol–water partition coefficient (Wildman–Crippen LogP) is 2.69. The Balaban J connectivity index is 2.57. The molecular formula is C14H16O3. The summed E-state index contributed by atoms with van der Waals surface area (Å²) in [6, 6.07) is 7.98. The van der Waals surface area contributed by atoms with Crippen LogP contribution in [0, 0.1) is 6.92 Å². The van der Waals surface area contributed by atoms with Crippen LogP contribution in [0.1, 0.15) is 25.0 Å². The zero-order valence-electron chi connectivity index (χ0n) is 10.5. The average Bonchev–Trinajstić information content (AvgIpc) is 2.49. The van der Waals surface area contributed by atoms with Crippen LogP contribution in [0.3, 0.4) is 0 Å². The molecular weight excluding hydrogens is 216 g/mol. The molecule has 2 rings (SSSR count). The van der Waals surface area contributed by atoms with E-state index in [1.165, 1.54) is 12.7 Å². The number of ether oxygens (including phenoxy) is 2. The van der Waals surface area contributed by atoms with Crippen molar-refractivity contribution in [1.29, 1.82) is 0 Å². The molecule has 1 aliphatic rings. The molecule has 90 valence electrons. The van der Waals surface area contributed by atoms with E-state index in [1.54, 1.807) is 0 Å². The second-order valence-corrected chi connectivity index (χ2v) is 4.67. The minimum atomic E-state index is -0.641. The zero-order chi connectivity index (χ0) is 12.6. The number of carbonyl (C=O) groups is 1. The highest BCUT2D eigenvalue weighted by Gasteiger charge is 2.42. The number of esters is 1. The van der Waals surface area contributed by atoms with Crippen molar-refractivity contribution >= 4 is 11.5 Å². The van der Waals surface area contributed by atoms with Crippen molar-refractivity contribution in [3.63, 3.8) is 0 Å². The normalized spacial score (nSPS) is 18.2. The topological polar surface area (TPSA) is 35.5 Å². The van der Waals surface area contributed by atoms with E-state index in [9.17, 15) is 4.79 Å². The van der Waals surface area contributed by atoms with Crippen LogP contribution in [0.2, 0.25) is 0 Å². The number of cyclic esters (lactones) is 1. The molecule has 1 heterocycles. The Morgan fingerprint density at radius 1 is 1.18 bits per heavy atom. The highest BCUT2D eigenvalue weighted by atomic mass is 16.6. The first-order valence-electron chi connectivity index (χ1n) is 5.55. The lowest BCUT2D eigenvalue weighted by molar-refractivity contribution is -0.146. The predicted molar refractivity (Wildman–Crippen MR) is 65.3 cm³/mol. The molecule has 0 fully saturated rings.